The molecule has 3 N–H and O–H groups in total. The predicted molar refractivity (Wildman–Crippen MR) is 86.0 cm³/mol. The smallest absolute Gasteiger partial charge is 0.264 e. The Hall–Kier alpha value is -1.69. The molecule has 0 saturated carbocycles. The van der Waals surface area contributed by atoms with Gasteiger partial charge in [0.25, 0.3) is 11.5 Å². The number of aromatic nitrogens is 2. The second kappa shape index (κ2) is 5.83. The van der Waals surface area contributed by atoms with Gasteiger partial charge in [0, 0.05) is 18.0 Å². The Balaban J connectivity index is 2.37. The van der Waals surface area contributed by atoms with E-state index in [0.717, 1.165) is 6.42 Å². The van der Waals surface area contributed by atoms with Crippen LogP contribution < -0.4 is 11.3 Å². The Morgan fingerprint density at radius 3 is 2.55 bits per heavy atom. The first-order chi connectivity index (χ1) is 10.1. The van der Waals surface area contributed by atoms with Crippen LogP contribution in [0.1, 0.15) is 56.0 Å². The number of rotatable bonds is 2. The maximum atomic E-state index is 12.7. The SMILES string of the molecule is Cc1nc(C(C)(C)C)[nH]c(=O)c1C(=O)N1CC(CN)CC1C. The van der Waals surface area contributed by atoms with Gasteiger partial charge in [-0.05, 0) is 32.7 Å². The lowest BCUT2D eigenvalue weighted by Crippen LogP contribution is -2.39. The molecule has 6 nitrogen and oxygen atoms in total. The van der Waals surface area contributed by atoms with E-state index >= 15 is 0 Å². The largest absolute Gasteiger partial charge is 0.335 e. The van der Waals surface area contributed by atoms with Gasteiger partial charge in [0.15, 0.2) is 0 Å². The standard InChI is InChI=1S/C16H26N4O2/c1-9-6-11(7-17)8-20(9)14(22)12-10(2)18-15(16(3,4)5)19-13(12)21/h9,11H,6-8,17H2,1-5H3,(H,18,19,21). The number of hydrogen-bond acceptors (Lipinski definition) is 4. The van der Waals surface area contributed by atoms with Gasteiger partial charge in [0.05, 0.1) is 5.69 Å². The van der Waals surface area contributed by atoms with Crippen molar-refractivity contribution in [3.8, 4) is 0 Å². The third-order valence-corrected chi connectivity index (χ3v) is 4.28. The first kappa shape index (κ1) is 16.7. The number of likely N-dealkylation sites (tertiary alicyclic amines) is 1. The lowest BCUT2D eigenvalue weighted by Gasteiger charge is -2.23. The minimum absolute atomic E-state index is 0.0992. The number of nitrogens with one attached hydrogen (secondary N) is 1. The van der Waals surface area contributed by atoms with E-state index in [2.05, 4.69) is 9.97 Å². The summed E-state index contributed by atoms with van der Waals surface area (Å²) in [4.78, 5) is 34.1. The number of H-pyrrole nitrogens is 1. The van der Waals surface area contributed by atoms with Gasteiger partial charge < -0.3 is 15.6 Å². The van der Waals surface area contributed by atoms with Crippen molar-refractivity contribution in [3.05, 3.63) is 27.4 Å². The molecule has 2 heterocycles. The van der Waals surface area contributed by atoms with Crippen molar-refractivity contribution in [2.75, 3.05) is 13.1 Å². The molecule has 122 valence electrons. The van der Waals surface area contributed by atoms with Gasteiger partial charge in [-0.3, -0.25) is 9.59 Å². The topological polar surface area (TPSA) is 92.1 Å². The monoisotopic (exact) mass is 306 g/mol. The summed E-state index contributed by atoms with van der Waals surface area (Å²) in [6.45, 7) is 10.8. The molecule has 0 bridgehead atoms. The minimum atomic E-state index is -0.356. The zero-order valence-electron chi connectivity index (χ0n) is 14.1. The van der Waals surface area contributed by atoms with Crippen molar-refractivity contribution in [1.29, 1.82) is 0 Å². The zero-order chi connectivity index (χ0) is 16.7. The summed E-state index contributed by atoms with van der Waals surface area (Å²) < 4.78 is 0. The van der Waals surface area contributed by atoms with E-state index in [1.807, 2.05) is 27.7 Å². The minimum Gasteiger partial charge on any atom is -0.335 e. The molecule has 2 atom stereocenters. The van der Waals surface area contributed by atoms with E-state index < -0.39 is 0 Å². The Morgan fingerprint density at radius 1 is 1.45 bits per heavy atom. The number of carbonyl (C=O) groups excluding carboxylic acids is 1. The molecule has 2 rings (SSSR count). The van der Waals surface area contributed by atoms with Crippen LogP contribution in [-0.2, 0) is 5.41 Å². The lowest BCUT2D eigenvalue weighted by atomic mass is 9.95. The van der Waals surface area contributed by atoms with E-state index in [1.54, 1.807) is 11.8 Å². The highest BCUT2D eigenvalue weighted by Crippen LogP contribution is 2.24. The predicted octanol–water partition coefficient (Wildman–Crippen LogP) is 1.19. The van der Waals surface area contributed by atoms with Gasteiger partial charge in [-0.1, -0.05) is 20.8 Å². The highest BCUT2D eigenvalue weighted by molar-refractivity contribution is 5.95. The molecule has 0 spiro atoms. The third kappa shape index (κ3) is 3.06. The number of nitrogens with two attached hydrogens (primary N) is 1. The molecule has 1 aliphatic rings. The second-order valence-corrected chi connectivity index (χ2v) is 7.27. The molecule has 22 heavy (non-hydrogen) atoms. The number of hydrogen-bond donors (Lipinski definition) is 2. The summed E-state index contributed by atoms with van der Waals surface area (Å²) in [5, 5.41) is 0. The molecule has 0 radical (unpaired) electrons. The van der Waals surface area contributed by atoms with Crippen molar-refractivity contribution in [2.24, 2.45) is 11.7 Å². The molecular formula is C16H26N4O2. The summed E-state index contributed by atoms with van der Waals surface area (Å²) >= 11 is 0. The summed E-state index contributed by atoms with van der Waals surface area (Å²) in [6.07, 6.45) is 0.882. The fraction of sp³-hybridized carbons (Fsp3) is 0.688. The lowest BCUT2D eigenvalue weighted by molar-refractivity contribution is 0.0740. The molecular weight excluding hydrogens is 280 g/mol. The number of aryl methyl sites for hydroxylation is 1. The van der Waals surface area contributed by atoms with Gasteiger partial charge in [-0.25, -0.2) is 4.98 Å². The summed E-state index contributed by atoms with van der Waals surface area (Å²) in [5.41, 5.74) is 5.72. The van der Waals surface area contributed by atoms with Gasteiger partial charge in [-0.2, -0.15) is 0 Å². The van der Waals surface area contributed by atoms with Gasteiger partial charge in [-0.15, -0.1) is 0 Å². The van der Waals surface area contributed by atoms with Crippen molar-refractivity contribution >= 4 is 5.91 Å². The Morgan fingerprint density at radius 2 is 2.09 bits per heavy atom. The highest BCUT2D eigenvalue weighted by atomic mass is 16.2. The first-order valence-electron chi connectivity index (χ1n) is 7.77. The molecule has 1 fully saturated rings. The van der Waals surface area contributed by atoms with Crippen LogP contribution in [0.25, 0.3) is 0 Å². The maximum Gasteiger partial charge on any atom is 0.264 e. The summed E-state index contributed by atoms with van der Waals surface area (Å²) in [6, 6.07) is 0.0992. The van der Waals surface area contributed by atoms with E-state index in [4.69, 9.17) is 5.73 Å². The molecule has 1 aromatic rings. The van der Waals surface area contributed by atoms with Crippen LogP contribution in [0.4, 0.5) is 0 Å². The van der Waals surface area contributed by atoms with Gasteiger partial charge in [0.2, 0.25) is 0 Å². The van der Waals surface area contributed by atoms with Crippen LogP contribution in [0.5, 0.6) is 0 Å². The van der Waals surface area contributed by atoms with Crippen LogP contribution in [-0.4, -0.2) is 39.9 Å². The maximum absolute atomic E-state index is 12.7. The zero-order valence-corrected chi connectivity index (χ0v) is 14.1. The van der Waals surface area contributed by atoms with Gasteiger partial charge >= 0.3 is 0 Å². The number of amides is 1. The summed E-state index contributed by atoms with van der Waals surface area (Å²) in [7, 11) is 0. The quantitative estimate of drug-likeness (QED) is 0.858. The van der Waals surface area contributed by atoms with E-state index in [9.17, 15) is 9.59 Å². The van der Waals surface area contributed by atoms with E-state index in [1.165, 1.54) is 0 Å². The number of nitrogens with zero attached hydrogens (tertiary/aromatic N) is 2. The number of carbonyl (C=O) groups is 1. The van der Waals surface area contributed by atoms with Crippen LogP contribution in [0.15, 0.2) is 4.79 Å². The van der Waals surface area contributed by atoms with Crippen LogP contribution >= 0.6 is 0 Å². The average molecular weight is 306 g/mol. The first-order valence-corrected chi connectivity index (χ1v) is 7.77. The molecule has 1 saturated heterocycles. The Kier molecular flexibility index (Phi) is 4.42. The highest BCUT2D eigenvalue weighted by Gasteiger charge is 2.34. The van der Waals surface area contributed by atoms with Crippen LogP contribution in [0, 0.1) is 12.8 Å². The van der Waals surface area contributed by atoms with Gasteiger partial charge in [0.1, 0.15) is 11.4 Å². The third-order valence-electron chi connectivity index (χ3n) is 4.28. The van der Waals surface area contributed by atoms with E-state index in [-0.39, 0.29) is 28.5 Å². The molecule has 6 heteroatoms. The van der Waals surface area contributed by atoms with Crippen molar-refractivity contribution < 1.29 is 4.79 Å². The second-order valence-electron chi connectivity index (χ2n) is 7.27. The summed E-state index contributed by atoms with van der Waals surface area (Å²) in [5.74, 6) is 0.663. The normalized spacial score (nSPS) is 22.2. The fourth-order valence-electron chi connectivity index (χ4n) is 2.93. The molecule has 1 aliphatic heterocycles. The van der Waals surface area contributed by atoms with Crippen LogP contribution in [0.2, 0.25) is 0 Å². The molecule has 1 amide bonds. The van der Waals surface area contributed by atoms with Crippen molar-refractivity contribution in [3.63, 3.8) is 0 Å². The molecule has 0 aromatic carbocycles. The average Bonchev–Trinajstić information content (AvgIpc) is 2.78. The van der Waals surface area contributed by atoms with Crippen molar-refractivity contribution in [2.45, 2.75) is 52.5 Å². The molecule has 0 aliphatic carbocycles. The Labute approximate surface area is 131 Å². The molecule has 1 aromatic heterocycles. The number of aromatic amines is 1. The van der Waals surface area contributed by atoms with Crippen molar-refractivity contribution in [1.82, 2.24) is 14.9 Å². The Bertz CT molecular complexity index is 630. The van der Waals surface area contributed by atoms with Crippen LogP contribution in [0.3, 0.4) is 0 Å². The van der Waals surface area contributed by atoms with E-state index in [0.29, 0.717) is 30.5 Å². The molecule has 2 unspecified atom stereocenters. The fourth-order valence-corrected chi connectivity index (χ4v) is 2.93.